The quantitative estimate of drug-likeness (QED) is 0.852. The van der Waals surface area contributed by atoms with Gasteiger partial charge in [-0.1, -0.05) is 37.6 Å². The van der Waals surface area contributed by atoms with Crippen molar-refractivity contribution in [3.8, 4) is 0 Å². The molecule has 2 rings (SSSR count). The van der Waals surface area contributed by atoms with E-state index in [2.05, 4.69) is 10.4 Å². The summed E-state index contributed by atoms with van der Waals surface area (Å²) in [6.45, 7) is 3.91. The van der Waals surface area contributed by atoms with Crippen LogP contribution in [0, 0.1) is 5.41 Å². The van der Waals surface area contributed by atoms with Gasteiger partial charge in [0, 0.05) is 35.8 Å². The zero-order chi connectivity index (χ0) is 17.0. The Morgan fingerprint density at radius 3 is 2.83 bits per heavy atom. The maximum absolute atomic E-state index is 12.4. The highest BCUT2D eigenvalue weighted by Crippen LogP contribution is 2.24. The smallest absolute Gasteiger partial charge is 0.226 e. The molecule has 1 aromatic heterocycles. The average Bonchev–Trinajstić information content (AvgIpc) is 2.90. The molecule has 0 saturated heterocycles. The Morgan fingerprint density at radius 2 is 2.22 bits per heavy atom. The van der Waals surface area contributed by atoms with Crippen molar-refractivity contribution in [3.63, 3.8) is 0 Å². The van der Waals surface area contributed by atoms with Crippen LogP contribution in [0.25, 0.3) is 0 Å². The lowest BCUT2D eigenvalue weighted by molar-refractivity contribution is -0.129. The van der Waals surface area contributed by atoms with E-state index in [-0.39, 0.29) is 12.5 Å². The van der Waals surface area contributed by atoms with Crippen LogP contribution in [0.4, 0.5) is 0 Å². The first-order valence-electron chi connectivity index (χ1n) is 7.47. The van der Waals surface area contributed by atoms with E-state index in [0.29, 0.717) is 17.0 Å². The van der Waals surface area contributed by atoms with Gasteiger partial charge in [-0.15, -0.1) is 0 Å². The highest BCUT2D eigenvalue weighted by Gasteiger charge is 2.28. The predicted molar refractivity (Wildman–Crippen MR) is 90.1 cm³/mol. The van der Waals surface area contributed by atoms with E-state index < -0.39 is 11.5 Å². The average molecular weight is 336 g/mol. The van der Waals surface area contributed by atoms with Crippen molar-refractivity contribution < 1.29 is 9.90 Å². The van der Waals surface area contributed by atoms with Crippen molar-refractivity contribution in [2.24, 2.45) is 12.5 Å². The molecule has 124 valence electrons. The fourth-order valence-corrected chi connectivity index (χ4v) is 2.61. The normalized spacial score (nSPS) is 12.9. The molecule has 1 amide bonds. The lowest BCUT2D eigenvalue weighted by atomic mass is 9.84. The molecule has 1 heterocycles. The Balaban J connectivity index is 1.93. The summed E-state index contributed by atoms with van der Waals surface area (Å²) < 4.78 is 1.61. The molecule has 23 heavy (non-hydrogen) atoms. The number of hydrogen-bond donors (Lipinski definition) is 2. The van der Waals surface area contributed by atoms with Crippen LogP contribution in [-0.2, 0) is 18.3 Å². The number of carbonyl (C=O) groups excluding carboxylic acids is 1. The van der Waals surface area contributed by atoms with Crippen LogP contribution in [0.15, 0.2) is 36.7 Å². The molecule has 0 aliphatic carbocycles. The van der Waals surface area contributed by atoms with Crippen molar-refractivity contribution in [1.29, 1.82) is 0 Å². The Hall–Kier alpha value is -1.85. The van der Waals surface area contributed by atoms with Crippen LogP contribution < -0.4 is 5.32 Å². The minimum Gasteiger partial charge on any atom is -0.386 e. The number of hydrogen-bond acceptors (Lipinski definition) is 3. The standard InChI is InChI=1S/C17H22ClN3O2/c1-17(2,8-12-5-4-6-14(18)7-12)16(23)19-10-15(22)13-9-20-21(3)11-13/h4-7,9,11,15,22H,8,10H2,1-3H3,(H,19,23). The summed E-state index contributed by atoms with van der Waals surface area (Å²) in [5.41, 5.74) is 1.09. The van der Waals surface area contributed by atoms with Crippen LogP contribution >= 0.6 is 11.6 Å². The SMILES string of the molecule is Cn1cc(C(O)CNC(=O)C(C)(C)Cc2cccc(Cl)c2)cn1. The summed E-state index contributed by atoms with van der Waals surface area (Å²) in [5.74, 6) is -0.111. The van der Waals surface area contributed by atoms with E-state index in [1.165, 1.54) is 0 Å². The molecule has 0 fully saturated rings. The third kappa shape index (κ3) is 4.81. The fourth-order valence-electron chi connectivity index (χ4n) is 2.40. The lowest BCUT2D eigenvalue weighted by Crippen LogP contribution is -2.40. The molecule has 0 aliphatic heterocycles. The number of benzene rings is 1. The van der Waals surface area contributed by atoms with Gasteiger partial charge >= 0.3 is 0 Å². The van der Waals surface area contributed by atoms with Gasteiger partial charge in [0.15, 0.2) is 0 Å². The van der Waals surface area contributed by atoms with Gasteiger partial charge in [-0.3, -0.25) is 9.48 Å². The number of halogens is 1. The van der Waals surface area contributed by atoms with Gasteiger partial charge in [-0.25, -0.2) is 0 Å². The van der Waals surface area contributed by atoms with Crippen LogP contribution in [0.5, 0.6) is 0 Å². The zero-order valence-corrected chi connectivity index (χ0v) is 14.3. The molecular weight excluding hydrogens is 314 g/mol. The van der Waals surface area contributed by atoms with Crippen LogP contribution in [0.1, 0.15) is 31.1 Å². The molecule has 6 heteroatoms. The molecule has 1 aromatic carbocycles. The molecule has 0 spiro atoms. The highest BCUT2D eigenvalue weighted by molar-refractivity contribution is 6.30. The van der Waals surface area contributed by atoms with E-state index in [1.54, 1.807) is 24.1 Å². The van der Waals surface area contributed by atoms with Crippen LogP contribution in [0.3, 0.4) is 0 Å². The number of amides is 1. The summed E-state index contributed by atoms with van der Waals surface area (Å²) >= 11 is 5.98. The van der Waals surface area contributed by atoms with Gasteiger partial charge < -0.3 is 10.4 Å². The van der Waals surface area contributed by atoms with E-state index >= 15 is 0 Å². The number of aryl methyl sites for hydroxylation is 1. The number of aliphatic hydroxyl groups is 1. The van der Waals surface area contributed by atoms with Crippen molar-refractivity contribution in [3.05, 3.63) is 52.8 Å². The van der Waals surface area contributed by atoms with Gasteiger partial charge in [-0.2, -0.15) is 5.10 Å². The lowest BCUT2D eigenvalue weighted by Gasteiger charge is -2.24. The zero-order valence-electron chi connectivity index (χ0n) is 13.6. The summed E-state index contributed by atoms with van der Waals surface area (Å²) in [4.78, 5) is 12.4. The molecule has 0 radical (unpaired) electrons. The van der Waals surface area contributed by atoms with Gasteiger partial charge in [0.2, 0.25) is 5.91 Å². The first kappa shape index (κ1) is 17.5. The van der Waals surface area contributed by atoms with E-state index in [1.807, 2.05) is 38.1 Å². The molecule has 1 atom stereocenters. The van der Waals surface area contributed by atoms with Crippen LogP contribution in [0.2, 0.25) is 5.02 Å². The Labute approximate surface area is 141 Å². The summed E-state index contributed by atoms with van der Waals surface area (Å²) in [7, 11) is 1.78. The van der Waals surface area contributed by atoms with Gasteiger partial charge in [-0.05, 0) is 24.1 Å². The number of nitrogens with zero attached hydrogens (tertiary/aromatic N) is 2. The van der Waals surface area contributed by atoms with E-state index in [4.69, 9.17) is 11.6 Å². The van der Waals surface area contributed by atoms with E-state index in [0.717, 1.165) is 5.56 Å². The first-order valence-corrected chi connectivity index (χ1v) is 7.85. The maximum atomic E-state index is 12.4. The first-order chi connectivity index (χ1) is 10.8. The Bertz CT molecular complexity index is 682. The minimum atomic E-state index is -0.769. The third-order valence-corrected chi connectivity index (χ3v) is 3.95. The second kappa shape index (κ2) is 7.15. The summed E-state index contributed by atoms with van der Waals surface area (Å²) in [5, 5.41) is 17.6. The summed E-state index contributed by atoms with van der Waals surface area (Å²) in [6, 6.07) is 7.49. The van der Waals surface area contributed by atoms with Crippen molar-refractivity contribution in [1.82, 2.24) is 15.1 Å². The number of carbonyl (C=O) groups is 1. The molecule has 2 aromatic rings. The summed E-state index contributed by atoms with van der Waals surface area (Å²) in [6.07, 6.45) is 3.12. The number of aliphatic hydroxyl groups excluding tert-OH is 1. The second-order valence-corrected chi connectivity index (χ2v) is 6.80. The number of aromatic nitrogens is 2. The van der Waals surface area contributed by atoms with Gasteiger partial charge in [0.1, 0.15) is 0 Å². The Kier molecular flexibility index (Phi) is 5.44. The molecule has 0 bridgehead atoms. The van der Waals surface area contributed by atoms with Gasteiger partial charge in [0.25, 0.3) is 0 Å². The number of nitrogens with one attached hydrogen (secondary N) is 1. The van der Waals surface area contributed by atoms with Gasteiger partial charge in [0.05, 0.1) is 12.3 Å². The van der Waals surface area contributed by atoms with Crippen molar-refractivity contribution in [2.75, 3.05) is 6.54 Å². The number of rotatable bonds is 6. The molecule has 1 unspecified atom stereocenters. The second-order valence-electron chi connectivity index (χ2n) is 6.36. The predicted octanol–water partition coefficient (Wildman–Crippen LogP) is 2.49. The topological polar surface area (TPSA) is 67.2 Å². The maximum Gasteiger partial charge on any atom is 0.226 e. The minimum absolute atomic E-state index is 0.111. The molecular formula is C17H22ClN3O2. The molecule has 2 N–H and O–H groups in total. The highest BCUT2D eigenvalue weighted by atomic mass is 35.5. The fraction of sp³-hybridized carbons (Fsp3) is 0.412. The van der Waals surface area contributed by atoms with E-state index in [9.17, 15) is 9.90 Å². The largest absolute Gasteiger partial charge is 0.386 e. The van der Waals surface area contributed by atoms with Crippen LogP contribution in [-0.4, -0.2) is 27.3 Å². The van der Waals surface area contributed by atoms with Crippen molar-refractivity contribution >= 4 is 17.5 Å². The third-order valence-electron chi connectivity index (χ3n) is 3.72. The molecule has 5 nitrogen and oxygen atoms in total. The Morgan fingerprint density at radius 1 is 1.48 bits per heavy atom. The van der Waals surface area contributed by atoms with Crippen molar-refractivity contribution in [2.45, 2.75) is 26.4 Å². The monoisotopic (exact) mass is 335 g/mol. The molecule has 0 aliphatic rings. The molecule has 0 saturated carbocycles.